The van der Waals surface area contributed by atoms with Crippen LogP contribution in [0.15, 0.2) is 40.9 Å². The number of aliphatic hydroxyl groups is 1. The van der Waals surface area contributed by atoms with Crippen molar-refractivity contribution in [3.05, 3.63) is 40.9 Å². The lowest BCUT2D eigenvalue weighted by Gasteiger charge is -2.07. The van der Waals surface area contributed by atoms with E-state index in [9.17, 15) is 4.79 Å². The maximum absolute atomic E-state index is 11.3. The molecule has 0 saturated carbocycles. The van der Waals surface area contributed by atoms with Gasteiger partial charge in [-0.2, -0.15) is 0 Å². The highest BCUT2D eigenvalue weighted by Gasteiger charge is 2.03. The average molecular weight is 310 g/mol. The number of benzene rings is 2. The van der Waals surface area contributed by atoms with E-state index in [1.54, 1.807) is 6.07 Å². The molecule has 0 spiro atoms. The summed E-state index contributed by atoms with van der Waals surface area (Å²) in [6.45, 7) is -0.189. The third-order valence-electron chi connectivity index (χ3n) is 2.37. The van der Waals surface area contributed by atoms with Gasteiger partial charge in [0.25, 0.3) is 0 Å². The Bertz CT molecular complexity index is 571. The predicted molar refractivity (Wildman–Crippen MR) is 73.7 cm³/mol. The van der Waals surface area contributed by atoms with E-state index in [0.717, 1.165) is 15.2 Å². The molecule has 0 aliphatic heterocycles. The Balaban J connectivity index is 2.15. The number of aliphatic hydroxyl groups excluding tert-OH is 1. The van der Waals surface area contributed by atoms with E-state index >= 15 is 0 Å². The summed E-state index contributed by atoms with van der Waals surface area (Å²) >= 11 is 3.41. The minimum Gasteiger partial charge on any atom is -0.447 e. The Morgan fingerprint density at radius 2 is 1.94 bits per heavy atom. The Hall–Kier alpha value is -1.59. The predicted octanol–water partition coefficient (Wildman–Crippen LogP) is 3.14. The molecule has 0 atom stereocenters. The van der Waals surface area contributed by atoms with Gasteiger partial charge in [0.2, 0.25) is 0 Å². The van der Waals surface area contributed by atoms with E-state index in [4.69, 9.17) is 9.84 Å². The van der Waals surface area contributed by atoms with Crippen molar-refractivity contribution < 1.29 is 14.6 Å². The maximum atomic E-state index is 11.3. The van der Waals surface area contributed by atoms with Gasteiger partial charge in [-0.15, -0.1) is 0 Å². The molecule has 2 rings (SSSR count). The fourth-order valence-corrected chi connectivity index (χ4v) is 1.97. The van der Waals surface area contributed by atoms with Gasteiger partial charge in [0.05, 0.1) is 6.61 Å². The van der Waals surface area contributed by atoms with Crippen LogP contribution >= 0.6 is 15.9 Å². The van der Waals surface area contributed by atoms with E-state index in [1.165, 1.54) is 0 Å². The number of anilines is 1. The lowest BCUT2D eigenvalue weighted by molar-refractivity contribution is 0.131. The molecule has 0 aromatic heterocycles. The highest BCUT2D eigenvalue weighted by Crippen LogP contribution is 2.22. The van der Waals surface area contributed by atoms with Gasteiger partial charge >= 0.3 is 6.09 Å². The van der Waals surface area contributed by atoms with Crippen LogP contribution in [0, 0.1) is 0 Å². The van der Waals surface area contributed by atoms with Crippen molar-refractivity contribution in [2.75, 3.05) is 18.5 Å². The van der Waals surface area contributed by atoms with E-state index in [0.29, 0.717) is 5.69 Å². The minimum absolute atomic E-state index is 0.00758. The topological polar surface area (TPSA) is 58.6 Å². The molecule has 4 nitrogen and oxygen atoms in total. The molecule has 0 bridgehead atoms. The van der Waals surface area contributed by atoms with Crippen LogP contribution in [0.3, 0.4) is 0 Å². The fourth-order valence-electron chi connectivity index (χ4n) is 1.59. The number of ether oxygens (including phenoxy) is 1. The van der Waals surface area contributed by atoms with Crippen molar-refractivity contribution in [2.24, 2.45) is 0 Å². The smallest absolute Gasteiger partial charge is 0.411 e. The monoisotopic (exact) mass is 309 g/mol. The molecule has 18 heavy (non-hydrogen) atoms. The maximum Gasteiger partial charge on any atom is 0.411 e. The van der Waals surface area contributed by atoms with Gasteiger partial charge in [0, 0.05) is 10.2 Å². The number of carbonyl (C=O) groups is 1. The van der Waals surface area contributed by atoms with Gasteiger partial charge in [-0.25, -0.2) is 4.79 Å². The van der Waals surface area contributed by atoms with E-state index in [1.807, 2.05) is 30.3 Å². The molecule has 94 valence electrons. The highest BCUT2D eigenvalue weighted by molar-refractivity contribution is 9.10. The number of fused-ring (bicyclic) bond motifs is 1. The number of nitrogens with one attached hydrogen (secondary N) is 1. The van der Waals surface area contributed by atoms with E-state index in [2.05, 4.69) is 21.2 Å². The molecule has 2 N–H and O–H groups in total. The number of amides is 1. The highest BCUT2D eigenvalue weighted by atomic mass is 79.9. The first kappa shape index (κ1) is 12.9. The largest absolute Gasteiger partial charge is 0.447 e. The number of carbonyl (C=O) groups excluding carboxylic acids is 1. The van der Waals surface area contributed by atoms with Gasteiger partial charge in [0.1, 0.15) is 6.61 Å². The Kier molecular flexibility index (Phi) is 4.17. The van der Waals surface area contributed by atoms with Crippen LogP contribution in [0.1, 0.15) is 0 Å². The zero-order chi connectivity index (χ0) is 13.0. The van der Waals surface area contributed by atoms with Crippen molar-refractivity contribution in [1.29, 1.82) is 0 Å². The van der Waals surface area contributed by atoms with Crippen molar-refractivity contribution >= 4 is 38.5 Å². The molecular weight excluding hydrogens is 298 g/mol. The quantitative estimate of drug-likeness (QED) is 0.915. The standard InChI is InChI=1S/C13H12BrNO3/c14-11-3-1-10-8-12(4-2-9(10)7-11)15-13(17)18-6-5-16/h1-4,7-8,16H,5-6H2,(H,15,17). The molecule has 0 aliphatic rings. The number of hydrogen-bond donors (Lipinski definition) is 2. The second-order valence-electron chi connectivity index (χ2n) is 3.69. The first-order valence-corrected chi connectivity index (χ1v) is 6.22. The molecule has 0 saturated heterocycles. The van der Waals surface area contributed by atoms with Crippen molar-refractivity contribution in [3.8, 4) is 0 Å². The third-order valence-corrected chi connectivity index (χ3v) is 2.87. The van der Waals surface area contributed by atoms with Crippen molar-refractivity contribution in [1.82, 2.24) is 0 Å². The molecule has 0 radical (unpaired) electrons. The van der Waals surface area contributed by atoms with Gasteiger partial charge in [-0.1, -0.05) is 28.1 Å². The zero-order valence-electron chi connectivity index (χ0n) is 9.52. The molecule has 0 unspecified atom stereocenters. The minimum atomic E-state index is -0.569. The SMILES string of the molecule is O=C(Nc1ccc2cc(Br)ccc2c1)OCCO. The molecule has 2 aromatic rings. The fraction of sp³-hybridized carbons (Fsp3) is 0.154. The second kappa shape index (κ2) is 5.84. The van der Waals surface area contributed by atoms with Crippen LogP contribution in [0.25, 0.3) is 10.8 Å². The molecular formula is C13H12BrNO3. The third kappa shape index (κ3) is 3.21. The van der Waals surface area contributed by atoms with Gasteiger partial charge < -0.3 is 9.84 Å². The first-order chi connectivity index (χ1) is 8.69. The average Bonchev–Trinajstić information content (AvgIpc) is 2.36. The number of hydrogen-bond acceptors (Lipinski definition) is 3. The lowest BCUT2D eigenvalue weighted by Crippen LogP contribution is -2.15. The number of rotatable bonds is 3. The zero-order valence-corrected chi connectivity index (χ0v) is 11.1. The summed E-state index contributed by atoms with van der Waals surface area (Å²) in [7, 11) is 0. The van der Waals surface area contributed by atoms with Crippen molar-refractivity contribution in [2.45, 2.75) is 0 Å². The number of halogens is 1. The summed E-state index contributed by atoms with van der Waals surface area (Å²) in [6, 6.07) is 11.5. The van der Waals surface area contributed by atoms with Crippen molar-refractivity contribution in [3.63, 3.8) is 0 Å². The molecule has 0 heterocycles. The van der Waals surface area contributed by atoms with Crippen LogP contribution in [0.2, 0.25) is 0 Å². The van der Waals surface area contributed by atoms with Crippen LogP contribution in [-0.4, -0.2) is 24.4 Å². The van der Waals surface area contributed by atoms with Crippen LogP contribution in [-0.2, 0) is 4.74 Å². The molecule has 5 heteroatoms. The molecule has 0 aliphatic carbocycles. The molecule has 2 aromatic carbocycles. The van der Waals surface area contributed by atoms with E-state index < -0.39 is 6.09 Å². The Morgan fingerprint density at radius 3 is 2.72 bits per heavy atom. The van der Waals surface area contributed by atoms with Gasteiger partial charge in [-0.05, 0) is 35.0 Å². The van der Waals surface area contributed by atoms with Crippen LogP contribution < -0.4 is 5.32 Å². The lowest BCUT2D eigenvalue weighted by atomic mass is 10.1. The first-order valence-electron chi connectivity index (χ1n) is 5.43. The normalized spacial score (nSPS) is 10.3. The summed E-state index contributed by atoms with van der Waals surface area (Å²) in [6.07, 6.45) is -0.569. The summed E-state index contributed by atoms with van der Waals surface area (Å²) in [5.41, 5.74) is 0.660. The summed E-state index contributed by atoms with van der Waals surface area (Å²) < 4.78 is 5.73. The Morgan fingerprint density at radius 1 is 1.22 bits per heavy atom. The molecule has 0 fully saturated rings. The van der Waals surface area contributed by atoms with Crippen LogP contribution in [0.5, 0.6) is 0 Å². The summed E-state index contributed by atoms with van der Waals surface area (Å²) in [5, 5.41) is 13.2. The second-order valence-corrected chi connectivity index (χ2v) is 4.61. The molecule has 1 amide bonds. The summed E-state index contributed by atoms with van der Waals surface area (Å²) in [5.74, 6) is 0. The van der Waals surface area contributed by atoms with Gasteiger partial charge in [-0.3, -0.25) is 5.32 Å². The Labute approximate surface area is 113 Å². The van der Waals surface area contributed by atoms with Crippen LogP contribution in [0.4, 0.5) is 10.5 Å². The van der Waals surface area contributed by atoms with Gasteiger partial charge in [0.15, 0.2) is 0 Å². The van der Waals surface area contributed by atoms with E-state index in [-0.39, 0.29) is 13.2 Å². The summed E-state index contributed by atoms with van der Waals surface area (Å²) in [4.78, 5) is 11.3.